The molecule has 3 aromatic rings. The normalized spacial score (nSPS) is 11.2. The molecule has 0 saturated heterocycles. The molecule has 5 heteroatoms. The number of fused-ring (bicyclic) bond motifs is 1. The van der Waals surface area contributed by atoms with Crippen LogP contribution in [0.3, 0.4) is 0 Å². The van der Waals surface area contributed by atoms with Crippen LogP contribution in [-0.2, 0) is 7.05 Å². The minimum Gasteiger partial charge on any atom is -0.293 e. The van der Waals surface area contributed by atoms with Gasteiger partial charge in [0.1, 0.15) is 0 Å². The second-order valence-corrected chi connectivity index (χ2v) is 7.21. The minimum atomic E-state index is -0.0955. The van der Waals surface area contributed by atoms with Crippen LogP contribution in [0.5, 0.6) is 0 Å². The molecule has 0 N–H and O–H groups in total. The van der Waals surface area contributed by atoms with E-state index in [2.05, 4.69) is 18.8 Å². The number of Topliss-reactive ketones (excluding diaryl/α,β-unsaturated/α-hetero) is 1. The molecule has 3 rings (SSSR count). The Balaban J connectivity index is 1.79. The lowest BCUT2D eigenvalue weighted by molar-refractivity contribution is 0.102. The first kappa shape index (κ1) is 17.4. The van der Waals surface area contributed by atoms with Crippen molar-refractivity contribution in [3.8, 4) is 0 Å². The van der Waals surface area contributed by atoms with Crippen molar-refractivity contribution in [2.24, 2.45) is 7.05 Å². The van der Waals surface area contributed by atoms with Crippen molar-refractivity contribution in [1.29, 1.82) is 0 Å². The molecule has 0 spiro atoms. The van der Waals surface area contributed by atoms with E-state index < -0.39 is 0 Å². The molecule has 0 radical (unpaired) electrons. The van der Waals surface area contributed by atoms with Gasteiger partial charge in [-0.15, -0.1) is 0 Å². The zero-order valence-corrected chi connectivity index (χ0v) is 15.3. The van der Waals surface area contributed by atoms with E-state index in [0.29, 0.717) is 27.5 Å². The van der Waals surface area contributed by atoms with Crippen LogP contribution >= 0.6 is 11.8 Å². The van der Waals surface area contributed by atoms with Crippen LogP contribution in [0.15, 0.2) is 58.5 Å². The van der Waals surface area contributed by atoms with Crippen molar-refractivity contribution in [2.75, 3.05) is 5.75 Å². The molecular weight excluding hydrogens is 332 g/mol. The van der Waals surface area contributed by atoms with Crippen molar-refractivity contribution in [3.05, 3.63) is 70.0 Å². The quantitative estimate of drug-likeness (QED) is 0.395. The van der Waals surface area contributed by atoms with Crippen molar-refractivity contribution in [1.82, 2.24) is 9.55 Å². The van der Waals surface area contributed by atoms with Crippen LogP contribution in [0.2, 0.25) is 0 Å². The standard InChI is InChI=1S/C20H20N2O2S/c1-13(2)14-8-10-15(11-9-14)18(23)12-25-20-21-17-7-5-4-6-16(17)19(24)22(20)3/h4-11,13H,12H2,1-3H3. The lowest BCUT2D eigenvalue weighted by Gasteiger charge is -2.09. The highest BCUT2D eigenvalue weighted by Crippen LogP contribution is 2.20. The highest BCUT2D eigenvalue weighted by molar-refractivity contribution is 7.99. The molecule has 25 heavy (non-hydrogen) atoms. The van der Waals surface area contributed by atoms with Crippen molar-refractivity contribution in [3.63, 3.8) is 0 Å². The van der Waals surface area contributed by atoms with Gasteiger partial charge in [-0.3, -0.25) is 14.2 Å². The molecule has 0 aliphatic heterocycles. The second-order valence-electron chi connectivity index (χ2n) is 6.26. The Morgan fingerprint density at radius 1 is 1.12 bits per heavy atom. The number of ketones is 1. The predicted octanol–water partition coefficient (Wildman–Crippen LogP) is 4.03. The van der Waals surface area contributed by atoms with Crippen LogP contribution in [0.25, 0.3) is 10.9 Å². The topological polar surface area (TPSA) is 52.0 Å². The van der Waals surface area contributed by atoms with Gasteiger partial charge in [0, 0.05) is 12.6 Å². The van der Waals surface area contributed by atoms with Gasteiger partial charge in [0.2, 0.25) is 0 Å². The van der Waals surface area contributed by atoms with E-state index >= 15 is 0 Å². The third kappa shape index (κ3) is 3.66. The fraction of sp³-hybridized carbons (Fsp3) is 0.250. The molecule has 0 aliphatic carbocycles. The SMILES string of the molecule is CC(C)c1ccc(C(=O)CSc2nc3ccccc3c(=O)n2C)cc1. The van der Waals surface area contributed by atoms with Crippen molar-refractivity contribution in [2.45, 2.75) is 24.9 Å². The molecule has 0 aliphatic rings. The highest BCUT2D eigenvalue weighted by atomic mass is 32.2. The first-order chi connectivity index (χ1) is 12.0. The van der Waals surface area contributed by atoms with Gasteiger partial charge >= 0.3 is 0 Å². The van der Waals surface area contributed by atoms with Gasteiger partial charge in [0.25, 0.3) is 5.56 Å². The summed E-state index contributed by atoms with van der Waals surface area (Å²) in [5.41, 5.74) is 2.45. The van der Waals surface area contributed by atoms with E-state index in [-0.39, 0.29) is 17.1 Å². The molecule has 4 nitrogen and oxygen atoms in total. The lowest BCUT2D eigenvalue weighted by atomic mass is 10.0. The molecular formula is C20H20N2O2S. The zero-order chi connectivity index (χ0) is 18.0. The maximum atomic E-state index is 12.4. The molecule has 0 atom stereocenters. The Kier molecular flexibility index (Phi) is 5.04. The number of rotatable bonds is 5. The Labute approximate surface area is 150 Å². The molecule has 2 aromatic carbocycles. The van der Waals surface area contributed by atoms with Gasteiger partial charge < -0.3 is 0 Å². The predicted molar refractivity (Wildman–Crippen MR) is 103 cm³/mol. The second kappa shape index (κ2) is 7.23. The number of thioether (sulfide) groups is 1. The van der Waals surface area contributed by atoms with Gasteiger partial charge in [-0.05, 0) is 23.6 Å². The summed E-state index contributed by atoms with van der Waals surface area (Å²) in [5.74, 6) is 0.720. The molecule has 0 fully saturated rings. The number of nitrogens with zero attached hydrogens (tertiary/aromatic N) is 2. The Hall–Kier alpha value is -2.40. The fourth-order valence-electron chi connectivity index (χ4n) is 2.59. The smallest absolute Gasteiger partial charge is 0.261 e. The zero-order valence-electron chi connectivity index (χ0n) is 14.5. The first-order valence-electron chi connectivity index (χ1n) is 8.19. The van der Waals surface area contributed by atoms with E-state index in [0.717, 1.165) is 0 Å². The lowest BCUT2D eigenvalue weighted by Crippen LogP contribution is -2.20. The van der Waals surface area contributed by atoms with Gasteiger partial charge in [0.15, 0.2) is 10.9 Å². The van der Waals surface area contributed by atoms with Crippen LogP contribution in [-0.4, -0.2) is 21.1 Å². The summed E-state index contributed by atoms with van der Waals surface area (Å²) in [7, 11) is 1.69. The maximum Gasteiger partial charge on any atom is 0.261 e. The fourth-order valence-corrected chi connectivity index (χ4v) is 3.46. The number of hydrogen-bond donors (Lipinski definition) is 0. The monoisotopic (exact) mass is 352 g/mol. The van der Waals surface area contributed by atoms with E-state index in [1.165, 1.54) is 21.9 Å². The number of benzene rings is 2. The third-order valence-corrected chi connectivity index (χ3v) is 5.20. The Bertz CT molecular complexity index is 975. The summed E-state index contributed by atoms with van der Waals surface area (Å²) in [4.78, 5) is 29.3. The number of hydrogen-bond acceptors (Lipinski definition) is 4. The van der Waals surface area contributed by atoms with Crippen LogP contribution in [0.4, 0.5) is 0 Å². The average Bonchev–Trinajstić information content (AvgIpc) is 2.63. The van der Waals surface area contributed by atoms with Gasteiger partial charge in [-0.25, -0.2) is 4.98 Å². The number of carbonyl (C=O) groups excluding carboxylic acids is 1. The van der Waals surface area contributed by atoms with Crippen LogP contribution in [0.1, 0.15) is 35.7 Å². The van der Waals surface area contributed by atoms with E-state index in [1.807, 2.05) is 42.5 Å². The van der Waals surface area contributed by atoms with Crippen LogP contribution in [0, 0.1) is 0 Å². The number of aromatic nitrogens is 2. The Morgan fingerprint density at radius 2 is 1.80 bits per heavy atom. The van der Waals surface area contributed by atoms with Gasteiger partial charge in [-0.1, -0.05) is 62.0 Å². The summed E-state index contributed by atoms with van der Waals surface area (Å²) in [5, 5.41) is 1.14. The first-order valence-corrected chi connectivity index (χ1v) is 9.17. The summed E-state index contributed by atoms with van der Waals surface area (Å²) >= 11 is 1.29. The molecule has 1 aromatic heterocycles. The van der Waals surface area contributed by atoms with Crippen molar-refractivity contribution < 1.29 is 4.79 Å². The van der Waals surface area contributed by atoms with Crippen LogP contribution < -0.4 is 5.56 Å². The molecule has 128 valence electrons. The molecule has 0 saturated carbocycles. The van der Waals surface area contributed by atoms with E-state index in [9.17, 15) is 9.59 Å². The van der Waals surface area contributed by atoms with E-state index in [4.69, 9.17) is 0 Å². The average molecular weight is 352 g/mol. The van der Waals surface area contributed by atoms with E-state index in [1.54, 1.807) is 13.1 Å². The summed E-state index contributed by atoms with van der Waals surface area (Å²) in [6.07, 6.45) is 0. The number of carbonyl (C=O) groups is 1. The molecule has 0 bridgehead atoms. The summed E-state index contributed by atoms with van der Waals surface area (Å²) in [6, 6.07) is 15.0. The maximum absolute atomic E-state index is 12.4. The van der Waals surface area contributed by atoms with Gasteiger partial charge in [0.05, 0.1) is 16.7 Å². The van der Waals surface area contributed by atoms with Gasteiger partial charge in [-0.2, -0.15) is 0 Å². The third-order valence-electron chi connectivity index (χ3n) is 4.17. The van der Waals surface area contributed by atoms with Crippen molar-refractivity contribution >= 4 is 28.4 Å². The highest BCUT2D eigenvalue weighted by Gasteiger charge is 2.12. The molecule has 1 heterocycles. The summed E-state index contributed by atoms with van der Waals surface area (Å²) < 4.78 is 1.50. The molecule has 0 unspecified atom stereocenters. The largest absolute Gasteiger partial charge is 0.293 e. The minimum absolute atomic E-state index is 0.0303. The Morgan fingerprint density at radius 3 is 2.48 bits per heavy atom. The summed E-state index contributed by atoms with van der Waals surface area (Å²) in [6.45, 7) is 4.25. The molecule has 0 amide bonds. The number of para-hydroxylation sites is 1.